The van der Waals surface area contributed by atoms with Crippen LogP contribution in [0.5, 0.6) is 0 Å². The van der Waals surface area contributed by atoms with Crippen molar-refractivity contribution in [3.05, 3.63) is 0 Å². The van der Waals surface area contributed by atoms with E-state index in [0.29, 0.717) is 12.8 Å². The van der Waals surface area contributed by atoms with Gasteiger partial charge in [-0.1, -0.05) is 0 Å². The molecule has 0 aromatic rings. The van der Waals surface area contributed by atoms with E-state index >= 15 is 0 Å². The standard InChI is InChI=1S/C9H13F3N2O/c10-9(11,12)8(3-4-8)14-5-1-2-6(13)7(14)15/h6H,1-5,13H2. The summed E-state index contributed by atoms with van der Waals surface area (Å²) >= 11 is 0. The van der Waals surface area contributed by atoms with Gasteiger partial charge in [-0.3, -0.25) is 4.79 Å². The summed E-state index contributed by atoms with van der Waals surface area (Å²) in [5.41, 5.74) is 3.59. The third-order valence-electron chi connectivity index (χ3n) is 3.25. The summed E-state index contributed by atoms with van der Waals surface area (Å²) in [7, 11) is 0. The number of piperidine rings is 1. The molecule has 1 atom stereocenters. The van der Waals surface area contributed by atoms with Crippen molar-refractivity contribution in [1.29, 1.82) is 0 Å². The lowest BCUT2D eigenvalue weighted by Crippen LogP contribution is -2.58. The molecule has 1 aliphatic heterocycles. The molecule has 0 radical (unpaired) electrons. The number of nitrogens with zero attached hydrogens (tertiary/aromatic N) is 1. The first kappa shape index (κ1) is 10.7. The lowest BCUT2D eigenvalue weighted by molar-refractivity contribution is -0.202. The summed E-state index contributed by atoms with van der Waals surface area (Å²) in [6.45, 7) is 0.187. The van der Waals surface area contributed by atoms with Crippen LogP contribution in [0, 0.1) is 0 Å². The normalized spacial score (nSPS) is 30.5. The second kappa shape index (κ2) is 3.10. The van der Waals surface area contributed by atoms with Gasteiger partial charge in [-0.05, 0) is 25.7 Å². The van der Waals surface area contributed by atoms with Crippen LogP contribution in [-0.4, -0.2) is 35.1 Å². The first-order chi connectivity index (χ1) is 6.88. The molecule has 0 aromatic heterocycles. The van der Waals surface area contributed by atoms with E-state index in [1.807, 2.05) is 0 Å². The topological polar surface area (TPSA) is 46.3 Å². The highest BCUT2D eigenvalue weighted by atomic mass is 19.4. The van der Waals surface area contributed by atoms with Gasteiger partial charge in [-0.2, -0.15) is 13.2 Å². The van der Waals surface area contributed by atoms with Crippen LogP contribution in [0.25, 0.3) is 0 Å². The van der Waals surface area contributed by atoms with E-state index < -0.39 is 23.7 Å². The van der Waals surface area contributed by atoms with Gasteiger partial charge < -0.3 is 10.6 Å². The summed E-state index contributed by atoms with van der Waals surface area (Å²) in [4.78, 5) is 12.5. The van der Waals surface area contributed by atoms with Gasteiger partial charge in [0.05, 0.1) is 6.04 Å². The molecule has 1 saturated heterocycles. The van der Waals surface area contributed by atoms with E-state index in [2.05, 4.69) is 0 Å². The van der Waals surface area contributed by atoms with Gasteiger partial charge in [-0.25, -0.2) is 0 Å². The Labute approximate surface area is 85.4 Å². The number of hydrogen-bond donors (Lipinski definition) is 1. The number of hydrogen-bond acceptors (Lipinski definition) is 2. The first-order valence-electron chi connectivity index (χ1n) is 5.02. The summed E-state index contributed by atoms with van der Waals surface area (Å²) in [5.74, 6) is -0.545. The van der Waals surface area contributed by atoms with Crippen molar-refractivity contribution in [3.63, 3.8) is 0 Å². The van der Waals surface area contributed by atoms with Gasteiger partial charge in [0.25, 0.3) is 0 Å². The maximum atomic E-state index is 12.7. The first-order valence-corrected chi connectivity index (χ1v) is 5.02. The minimum atomic E-state index is -4.32. The van der Waals surface area contributed by atoms with E-state index in [0.717, 1.165) is 4.90 Å². The van der Waals surface area contributed by atoms with Crippen molar-refractivity contribution in [2.24, 2.45) is 5.73 Å². The third kappa shape index (κ3) is 1.51. The Kier molecular flexibility index (Phi) is 2.22. The van der Waals surface area contributed by atoms with Crippen molar-refractivity contribution in [2.75, 3.05) is 6.54 Å². The quantitative estimate of drug-likeness (QED) is 0.720. The molecule has 0 spiro atoms. The van der Waals surface area contributed by atoms with Gasteiger partial charge in [-0.15, -0.1) is 0 Å². The van der Waals surface area contributed by atoms with Crippen LogP contribution in [0.2, 0.25) is 0 Å². The number of rotatable bonds is 1. The van der Waals surface area contributed by atoms with Crippen LogP contribution in [0.1, 0.15) is 25.7 Å². The highest BCUT2D eigenvalue weighted by molar-refractivity contribution is 5.83. The summed E-state index contributed by atoms with van der Waals surface area (Å²) in [5, 5.41) is 0. The number of amides is 1. The number of likely N-dealkylation sites (tertiary alicyclic amines) is 1. The SMILES string of the molecule is NC1CCCN(C2(C(F)(F)F)CC2)C1=O. The maximum Gasteiger partial charge on any atom is 0.411 e. The van der Waals surface area contributed by atoms with Gasteiger partial charge in [0.1, 0.15) is 5.54 Å². The molecule has 1 amide bonds. The zero-order valence-electron chi connectivity index (χ0n) is 8.18. The molecule has 2 aliphatic rings. The Morgan fingerprint density at radius 1 is 1.40 bits per heavy atom. The van der Waals surface area contributed by atoms with E-state index in [9.17, 15) is 18.0 Å². The van der Waals surface area contributed by atoms with E-state index in [-0.39, 0.29) is 19.4 Å². The molecule has 1 aliphatic carbocycles. The summed E-state index contributed by atoms with van der Waals surface area (Å²) in [6.07, 6.45) is -3.22. The van der Waals surface area contributed by atoms with Gasteiger partial charge >= 0.3 is 6.18 Å². The lowest BCUT2D eigenvalue weighted by atomic mass is 10.0. The van der Waals surface area contributed by atoms with Crippen LogP contribution >= 0.6 is 0 Å². The van der Waals surface area contributed by atoms with Crippen LogP contribution in [0.4, 0.5) is 13.2 Å². The fraction of sp³-hybridized carbons (Fsp3) is 0.889. The number of carbonyl (C=O) groups is 1. The molecule has 3 nitrogen and oxygen atoms in total. The molecule has 2 N–H and O–H groups in total. The molecular formula is C9H13F3N2O. The summed E-state index contributed by atoms with van der Waals surface area (Å²) < 4.78 is 38.2. The average Bonchev–Trinajstić information content (AvgIpc) is 2.89. The molecular weight excluding hydrogens is 209 g/mol. The Bertz CT molecular complexity index is 286. The van der Waals surface area contributed by atoms with Crippen LogP contribution < -0.4 is 5.73 Å². The highest BCUT2D eigenvalue weighted by Gasteiger charge is 2.68. The monoisotopic (exact) mass is 222 g/mol. The lowest BCUT2D eigenvalue weighted by Gasteiger charge is -2.38. The molecule has 1 heterocycles. The smallest absolute Gasteiger partial charge is 0.327 e. The van der Waals surface area contributed by atoms with Crippen LogP contribution in [0.3, 0.4) is 0 Å². The number of nitrogens with two attached hydrogens (primary N) is 1. The minimum Gasteiger partial charge on any atom is -0.327 e. The molecule has 2 fully saturated rings. The second-order valence-corrected chi connectivity index (χ2v) is 4.27. The fourth-order valence-electron chi connectivity index (χ4n) is 2.15. The highest BCUT2D eigenvalue weighted by Crippen LogP contribution is 2.54. The number of alkyl halides is 3. The number of halogens is 3. The summed E-state index contributed by atoms with van der Waals surface area (Å²) in [6, 6.07) is -0.751. The van der Waals surface area contributed by atoms with Gasteiger partial charge in [0.2, 0.25) is 5.91 Å². The van der Waals surface area contributed by atoms with Crippen molar-refractivity contribution < 1.29 is 18.0 Å². The molecule has 0 bridgehead atoms. The van der Waals surface area contributed by atoms with Gasteiger partial charge in [0.15, 0.2) is 0 Å². The van der Waals surface area contributed by atoms with Crippen molar-refractivity contribution in [1.82, 2.24) is 4.90 Å². The Morgan fingerprint density at radius 3 is 2.47 bits per heavy atom. The average molecular weight is 222 g/mol. The largest absolute Gasteiger partial charge is 0.411 e. The molecule has 15 heavy (non-hydrogen) atoms. The molecule has 1 saturated carbocycles. The molecule has 1 unspecified atom stereocenters. The van der Waals surface area contributed by atoms with Crippen LogP contribution in [0.15, 0.2) is 0 Å². The molecule has 0 aromatic carbocycles. The predicted octanol–water partition coefficient (Wildman–Crippen LogP) is 1.03. The van der Waals surface area contributed by atoms with Gasteiger partial charge in [0, 0.05) is 6.54 Å². The molecule has 86 valence electrons. The minimum absolute atomic E-state index is 0.0228. The Hall–Kier alpha value is -0.780. The van der Waals surface area contributed by atoms with Crippen LogP contribution in [-0.2, 0) is 4.79 Å². The second-order valence-electron chi connectivity index (χ2n) is 4.27. The third-order valence-corrected chi connectivity index (χ3v) is 3.25. The zero-order chi connectivity index (χ0) is 11.3. The van der Waals surface area contributed by atoms with E-state index in [1.54, 1.807) is 0 Å². The Balaban J connectivity index is 2.20. The number of carbonyl (C=O) groups excluding carboxylic acids is 1. The zero-order valence-corrected chi connectivity index (χ0v) is 8.18. The maximum absolute atomic E-state index is 12.7. The molecule has 6 heteroatoms. The molecule has 2 rings (SSSR count). The Morgan fingerprint density at radius 2 is 2.00 bits per heavy atom. The predicted molar refractivity (Wildman–Crippen MR) is 46.9 cm³/mol. The van der Waals surface area contributed by atoms with E-state index in [4.69, 9.17) is 5.73 Å². The van der Waals surface area contributed by atoms with Crippen molar-refractivity contribution in [2.45, 2.75) is 43.4 Å². The van der Waals surface area contributed by atoms with Crippen molar-refractivity contribution in [3.8, 4) is 0 Å². The van der Waals surface area contributed by atoms with E-state index in [1.165, 1.54) is 0 Å². The fourth-order valence-corrected chi connectivity index (χ4v) is 2.15. The van der Waals surface area contributed by atoms with Crippen molar-refractivity contribution >= 4 is 5.91 Å².